The predicted molar refractivity (Wildman–Crippen MR) is 86.2 cm³/mol. The molecule has 2 rings (SSSR count). The average molecular weight is 279 g/mol. The molecule has 0 saturated heterocycles. The molecule has 0 aliphatic carbocycles. The first kappa shape index (κ1) is 15.1. The van der Waals surface area contributed by atoms with Gasteiger partial charge < -0.3 is 4.74 Å². The van der Waals surface area contributed by atoms with Crippen LogP contribution in [-0.4, -0.2) is 0 Å². The molecule has 2 heteroatoms. The van der Waals surface area contributed by atoms with Gasteiger partial charge in [-0.2, -0.15) is 0 Å². The smallest absolute Gasteiger partial charge is 0.292 e. The van der Waals surface area contributed by atoms with Crippen LogP contribution in [0.1, 0.15) is 44.2 Å². The Morgan fingerprint density at radius 1 is 1.10 bits per heavy atom. The quantitative estimate of drug-likeness (QED) is 0.697. The zero-order valence-electron chi connectivity index (χ0n) is 12.9. The highest BCUT2D eigenvalue weighted by Gasteiger charge is 2.12. The van der Waals surface area contributed by atoms with Gasteiger partial charge in [-0.05, 0) is 46.7 Å². The summed E-state index contributed by atoms with van der Waals surface area (Å²) in [6, 6.07) is 14.3. The monoisotopic (exact) mass is 279 g/mol. The van der Waals surface area contributed by atoms with Crippen molar-refractivity contribution in [3.8, 4) is 23.1 Å². The molecule has 21 heavy (non-hydrogen) atoms. The van der Waals surface area contributed by atoms with Crippen molar-refractivity contribution in [2.75, 3.05) is 0 Å². The molecule has 0 unspecified atom stereocenters. The van der Waals surface area contributed by atoms with Crippen LogP contribution in [0.5, 0.6) is 5.75 Å². The van der Waals surface area contributed by atoms with Gasteiger partial charge in [-0.1, -0.05) is 57.5 Å². The molecule has 0 fully saturated rings. The third-order valence-electron chi connectivity index (χ3n) is 3.63. The van der Waals surface area contributed by atoms with Gasteiger partial charge in [0.1, 0.15) is 5.75 Å². The number of hydrogen-bond donors (Lipinski definition) is 0. The van der Waals surface area contributed by atoms with E-state index >= 15 is 0 Å². The Morgan fingerprint density at radius 2 is 1.81 bits per heavy atom. The average Bonchev–Trinajstić information content (AvgIpc) is 2.48. The van der Waals surface area contributed by atoms with Gasteiger partial charge in [0.25, 0.3) is 6.26 Å². The lowest BCUT2D eigenvalue weighted by molar-refractivity contribution is 0.507. The number of benzene rings is 2. The standard InChI is InChI=1S/C19H21NO/c1-4-6-15-7-5-8-18(14(2)3)19(15)16-9-11-17(12-10-16)21-13-20/h5,7-12,14H,4,6H2,1-3H3. The number of hydrogen-bond acceptors (Lipinski definition) is 2. The third-order valence-corrected chi connectivity index (χ3v) is 3.63. The van der Waals surface area contributed by atoms with Crippen LogP contribution in [-0.2, 0) is 6.42 Å². The maximum absolute atomic E-state index is 8.56. The molecule has 0 amide bonds. The van der Waals surface area contributed by atoms with E-state index in [0.29, 0.717) is 11.7 Å². The van der Waals surface area contributed by atoms with Crippen LogP contribution >= 0.6 is 0 Å². The number of rotatable bonds is 5. The summed E-state index contributed by atoms with van der Waals surface area (Å²) in [5, 5.41) is 8.56. The highest BCUT2D eigenvalue weighted by molar-refractivity contribution is 5.72. The van der Waals surface area contributed by atoms with Crippen molar-refractivity contribution in [1.29, 1.82) is 5.26 Å². The normalized spacial score (nSPS) is 10.4. The fourth-order valence-corrected chi connectivity index (χ4v) is 2.67. The minimum Gasteiger partial charge on any atom is -0.388 e. The largest absolute Gasteiger partial charge is 0.388 e. The summed E-state index contributed by atoms with van der Waals surface area (Å²) in [4.78, 5) is 0. The van der Waals surface area contributed by atoms with E-state index in [1.807, 2.05) is 24.3 Å². The van der Waals surface area contributed by atoms with E-state index in [1.54, 1.807) is 6.26 Å². The van der Waals surface area contributed by atoms with Gasteiger partial charge in [0.15, 0.2) is 0 Å². The molecule has 0 bridgehead atoms. The van der Waals surface area contributed by atoms with E-state index in [1.165, 1.54) is 22.3 Å². The molecule has 0 spiro atoms. The second-order valence-corrected chi connectivity index (χ2v) is 5.50. The molecule has 2 nitrogen and oxygen atoms in total. The van der Waals surface area contributed by atoms with Crippen LogP contribution in [0.4, 0.5) is 0 Å². The van der Waals surface area contributed by atoms with Crippen LogP contribution in [0.25, 0.3) is 11.1 Å². The first-order valence-corrected chi connectivity index (χ1v) is 7.45. The summed E-state index contributed by atoms with van der Waals surface area (Å²) < 4.78 is 4.86. The van der Waals surface area contributed by atoms with Crippen molar-refractivity contribution in [2.24, 2.45) is 0 Å². The maximum Gasteiger partial charge on any atom is 0.292 e. The van der Waals surface area contributed by atoms with Crippen molar-refractivity contribution < 1.29 is 4.74 Å². The molecular formula is C19H21NO. The zero-order valence-corrected chi connectivity index (χ0v) is 12.9. The van der Waals surface area contributed by atoms with Crippen LogP contribution in [0.2, 0.25) is 0 Å². The zero-order chi connectivity index (χ0) is 15.2. The Hall–Kier alpha value is -2.27. The Labute approximate surface area is 127 Å². The van der Waals surface area contributed by atoms with Gasteiger partial charge >= 0.3 is 0 Å². The third kappa shape index (κ3) is 3.44. The van der Waals surface area contributed by atoms with Crippen molar-refractivity contribution >= 4 is 0 Å². The second-order valence-electron chi connectivity index (χ2n) is 5.50. The van der Waals surface area contributed by atoms with Gasteiger partial charge in [-0.3, -0.25) is 0 Å². The fraction of sp³-hybridized carbons (Fsp3) is 0.316. The Morgan fingerprint density at radius 3 is 2.38 bits per heavy atom. The predicted octanol–water partition coefficient (Wildman–Crippen LogP) is 5.29. The van der Waals surface area contributed by atoms with E-state index in [-0.39, 0.29) is 0 Å². The van der Waals surface area contributed by atoms with Gasteiger partial charge in [0.2, 0.25) is 0 Å². The molecule has 0 saturated carbocycles. The van der Waals surface area contributed by atoms with Crippen molar-refractivity contribution in [3.63, 3.8) is 0 Å². The Kier molecular flexibility index (Phi) is 5.00. The van der Waals surface area contributed by atoms with Gasteiger partial charge in [0.05, 0.1) is 0 Å². The molecular weight excluding hydrogens is 258 g/mol. The van der Waals surface area contributed by atoms with E-state index < -0.39 is 0 Å². The van der Waals surface area contributed by atoms with Gasteiger partial charge in [-0.25, -0.2) is 0 Å². The summed E-state index contributed by atoms with van der Waals surface area (Å²) in [5.41, 5.74) is 5.28. The molecule has 0 aliphatic rings. The molecule has 2 aromatic rings. The first-order chi connectivity index (χ1) is 10.2. The van der Waals surface area contributed by atoms with Crippen LogP contribution in [0.15, 0.2) is 42.5 Å². The van der Waals surface area contributed by atoms with Crippen LogP contribution in [0.3, 0.4) is 0 Å². The molecule has 0 aliphatic heterocycles. The lowest BCUT2D eigenvalue weighted by Gasteiger charge is -2.17. The fourth-order valence-electron chi connectivity index (χ4n) is 2.67. The summed E-state index contributed by atoms with van der Waals surface area (Å²) in [5.74, 6) is 1.06. The Balaban J connectivity index is 2.52. The van der Waals surface area contributed by atoms with Crippen LogP contribution in [0, 0.1) is 11.5 Å². The van der Waals surface area contributed by atoms with Gasteiger partial charge in [-0.15, -0.1) is 5.26 Å². The molecule has 0 radical (unpaired) electrons. The summed E-state index contributed by atoms with van der Waals surface area (Å²) in [7, 11) is 0. The summed E-state index contributed by atoms with van der Waals surface area (Å²) >= 11 is 0. The second kappa shape index (κ2) is 6.95. The molecule has 0 atom stereocenters. The minimum atomic E-state index is 0.479. The van der Waals surface area contributed by atoms with Crippen molar-refractivity contribution in [2.45, 2.75) is 39.5 Å². The number of nitriles is 1. The van der Waals surface area contributed by atoms with Gasteiger partial charge in [0, 0.05) is 0 Å². The topological polar surface area (TPSA) is 33.0 Å². The van der Waals surface area contributed by atoms with Crippen molar-refractivity contribution in [3.05, 3.63) is 53.6 Å². The highest BCUT2D eigenvalue weighted by Crippen LogP contribution is 2.34. The SMILES string of the molecule is CCCc1cccc(C(C)C)c1-c1ccc(OC#N)cc1. The van der Waals surface area contributed by atoms with E-state index in [0.717, 1.165) is 12.8 Å². The molecule has 0 N–H and O–H groups in total. The minimum absolute atomic E-state index is 0.479. The van der Waals surface area contributed by atoms with Crippen molar-refractivity contribution in [1.82, 2.24) is 0 Å². The van der Waals surface area contributed by atoms with E-state index in [9.17, 15) is 0 Å². The lowest BCUT2D eigenvalue weighted by atomic mass is 9.87. The molecule has 108 valence electrons. The maximum atomic E-state index is 8.56. The number of nitrogens with zero attached hydrogens (tertiary/aromatic N) is 1. The molecule has 0 heterocycles. The summed E-state index contributed by atoms with van der Waals surface area (Å²) in [6.45, 7) is 6.65. The van der Waals surface area contributed by atoms with Crippen LogP contribution < -0.4 is 4.74 Å². The number of ether oxygens (including phenoxy) is 1. The molecule has 2 aromatic carbocycles. The molecule has 0 aromatic heterocycles. The lowest BCUT2D eigenvalue weighted by Crippen LogP contribution is -1.98. The first-order valence-electron chi connectivity index (χ1n) is 7.45. The summed E-state index contributed by atoms with van der Waals surface area (Å²) in [6.07, 6.45) is 3.91. The van der Waals surface area contributed by atoms with E-state index in [4.69, 9.17) is 10.00 Å². The van der Waals surface area contributed by atoms with E-state index in [2.05, 4.69) is 39.0 Å². The Bertz CT molecular complexity index is 636. The highest BCUT2D eigenvalue weighted by atomic mass is 16.5. The number of aryl methyl sites for hydroxylation is 1.